The molecule has 0 spiro atoms. The number of hydrogen-bond donors (Lipinski definition) is 1. The molecule has 0 aromatic heterocycles. The molecule has 0 aliphatic carbocycles. The zero-order valence-electron chi connectivity index (χ0n) is 13.2. The SMILES string of the molecule is CCOc1ccc(C(=O)CCC(=O)N2CCCC2C(=O)O)cc1. The fourth-order valence-electron chi connectivity index (χ4n) is 2.73. The van der Waals surface area contributed by atoms with Gasteiger partial charge in [0.05, 0.1) is 6.61 Å². The first-order valence-electron chi connectivity index (χ1n) is 7.81. The minimum Gasteiger partial charge on any atom is -0.494 e. The highest BCUT2D eigenvalue weighted by molar-refractivity contribution is 5.98. The highest BCUT2D eigenvalue weighted by Gasteiger charge is 2.33. The molecule has 1 N–H and O–H groups in total. The molecule has 2 rings (SSSR count). The second-order valence-electron chi connectivity index (χ2n) is 5.46. The van der Waals surface area contributed by atoms with Crippen molar-refractivity contribution in [2.24, 2.45) is 0 Å². The van der Waals surface area contributed by atoms with Crippen molar-refractivity contribution >= 4 is 17.7 Å². The first-order chi connectivity index (χ1) is 11.0. The van der Waals surface area contributed by atoms with Gasteiger partial charge in [0.1, 0.15) is 11.8 Å². The third kappa shape index (κ3) is 4.31. The summed E-state index contributed by atoms with van der Waals surface area (Å²) in [4.78, 5) is 36.7. The minimum atomic E-state index is -0.978. The summed E-state index contributed by atoms with van der Waals surface area (Å²) in [5.41, 5.74) is 0.525. The minimum absolute atomic E-state index is 0.0375. The molecule has 124 valence electrons. The Hall–Kier alpha value is -2.37. The molecule has 1 aliphatic heterocycles. The molecule has 1 saturated heterocycles. The van der Waals surface area contributed by atoms with Crippen molar-refractivity contribution in [3.63, 3.8) is 0 Å². The van der Waals surface area contributed by atoms with E-state index in [9.17, 15) is 14.4 Å². The maximum absolute atomic E-state index is 12.1. The summed E-state index contributed by atoms with van der Waals surface area (Å²) in [6.45, 7) is 2.89. The number of carboxylic acid groups (broad SMARTS) is 1. The largest absolute Gasteiger partial charge is 0.494 e. The molecular weight excluding hydrogens is 298 g/mol. The first-order valence-corrected chi connectivity index (χ1v) is 7.81. The Morgan fingerprint density at radius 2 is 1.91 bits per heavy atom. The van der Waals surface area contributed by atoms with Crippen LogP contribution in [0.1, 0.15) is 43.0 Å². The van der Waals surface area contributed by atoms with E-state index in [1.165, 1.54) is 4.90 Å². The van der Waals surface area contributed by atoms with Crippen LogP contribution in [-0.2, 0) is 9.59 Å². The molecule has 1 fully saturated rings. The van der Waals surface area contributed by atoms with Crippen LogP contribution in [0.4, 0.5) is 0 Å². The summed E-state index contributed by atoms with van der Waals surface area (Å²) in [6.07, 6.45) is 1.29. The van der Waals surface area contributed by atoms with Crippen LogP contribution in [0.25, 0.3) is 0 Å². The van der Waals surface area contributed by atoms with Crippen LogP contribution in [0, 0.1) is 0 Å². The molecule has 1 aliphatic rings. The van der Waals surface area contributed by atoms with E-state index in [0.717, 1.165) is 0 Å². The van der Waals surface area contributed by atoms with E-state index in [4.69, 9.17) is 9.84 Å². The van der Waals surface area contributed by atoms with Crippen molar-refractivity contribution in [1.29, 1.82) is 0 Å². The molecule has 1 amide bonds. The summed E-state index contributed by atoms with van der Waals surface area (Å²) in [5, 5.41) is 9.08. The van der Waals surface area contributed by atoms with Gasteiger partial charge in [0.15, 0.2) is 5.78 Å². The van der Waals surface area contributed by atoms with Gasteiger partial charge in [-0.1, -0.05) is 0 Å². The third-order valence-corrected chi connectivity index (χ3v) is 3.91. The number of nitrogens with zero attached hydrogens (tertiary/aromatic N) is 1. The summed E-state index contributed by atoms with van der Waals surface area (Å²) < 4.78 is 5.31. The summed E-state index contributed by atoms with van der Waals surface area (Å²) >= 11 is 0. The van der Waals surface area contributed by atoms with Gasteiger partial charge in [-0.15, -0.1) is 0 Å². The topological polar surface area (TPSA) is 83.9 Å². The van der Waals surface area contributed by atoms with E-state index in [0.29, 0.717) is 37.3 Å². The van der Waals surface area contributed by atoms with Crippen LogP contribution in [-0.4, -0.2) is 46.9 Å². The van der Waals surface area contributed by atoms with E-state index in [-0.39, 0.29) is 24.5 Å². The maximum atomic E-state index is 12.1. The second kappa shape index (κ2) is 7.76. The van der Waals surface area contributed by atoms with Crippen molar-refractivity contribution in [3.05, 3.63) is 29.8 Å². The average Bonchev–Trinajstić information content (AvgIpc) is 3.03. The van der Waals surface area contributed by atoms with Gasteiger partial charge in [-0.3, -0.25) is 9.59 Å². The van der Waals surface area contributed by atoms with Gasteiger partial charge in [-0.05, 0) is 44.0 Å². The molecule has 23 heavy (non-hydrogen) atoms. The number of rotatable bonds is 7. The van der Waals surface area contributed by atoms with Gasteiger partial charge in [0, 0.05) is 24.9 Å². The zero-order valence-corrected chi connectivity index (χ0v) is 13.2. The van der Waals surface area contributed by atoms with Crippen LogP contribution in [0.3, 0.4) is 0 Å². The standard InChI is InChI=1S/C17H21NO5/c1-2-23-13-7-5-12(6-8-13)15(19)9-10-16(20)18-11-3-4-14(18)17(21)22/h5-8,14H,2-4,9-11H2,1H3,(H,21,22). The molecule has 1 heterocycles. The van der Waals surface area contributed by atoms with Crippen LogP contribution in [0.15, 0.2) is 24.3 Å². The Labute approximate surface area is 135 Å². The molecule has 6 nitrogen and oxygen atoms in total. The molecule has 6 heteroatoms. The smallest absolute Gasteiger partial charge is 0.326 e. The molecule has 1 unspecified atom stereocenters. The highest BCUT2D eigenvalue weighted by atomic mass is 16.5. The number of carboxylic acids is 1. The quantitative estimate of drug-likeness (QED) is 0.778. The van der Waals surface area contributed by atoms with Gasteiger partial charge in [0.25, 0.3) is 0 Å². The number of amides is 1. The molecule has 0 saturated carbocycles. The summed E-state index contributed by atoms with van der Waals surface area (Å²) in [7, 11) is 0. The second-order valence-corrected chi connectivity index (χ2v) is 5.46. The summed E-state index contributed by atoms with van der Waals surface area (Å²) in [5.74, 6) is -0.683. The number of ketones is 1. The number of ether oxygens (including phenoxy) is 1. The number of likely N-dealkylation sites (tertiary alicyclic amines) is 1. The molecule has 0 radical (unpaired) electrons. The van der Waals surface area contributed by atoms with E-state index in [2.05, 4.69) is 0 Å². The lowest BCUT2D eigenvalue weighted by molar-refractivity contribution is -0.148. The van der Waals surface area contributed by atoms with Crippen LogP contribution in [0.2, 0.25) is 0 Å². The van der Waals surface area contributed by atoms with E-state index >= 15 is 0 Å². The molecule has 0 bridgehead atoms. The fourth-order valence-corrected chi connectivity index (χ4v) is 2.73. The lowest BCUT2D eigenvalue weighted by atomic mass is 10.1. The van der Waals surface area contributed by atoms with Gasteiger partial charge in [0.2, 0.25) is 5.91 Å². The number of hydrogen-bond acceptors (Lipinski definition) is 4. The first kappa shape index (κ1) is 17.0. The number of aliphatic carboxylic acids is 1. The molecule has 1 aromatic rings. The lowest BCUT2D eigenvalue weighted by Crippen LogP contribution is -2.40. The molecule has 1 atom stereocenters. The Morgan fingerprint density at radius 1 is 1.22 bits per heavy atom. The number of carbonyl (C=O) groups excluding carboxylic acids is 2. The predicted molar refractivity (Wildman–Crippen MR) is 83.5 cm³/mol. The lowest BCUT2D eigenvalue weighted by Gasteiger charge is -2.21. The molecule has 1 aromatic carbocycles. The van der Waals surface area contributed by atoms with Crippen LogP contribution in [0.5, 0.6) is 5.75 Å². The Morgan fingerprint density at radius 3 is 2.52 bits per heavy atom. The Kier molecular flexibility index (Phi) is 5.73. The van der Waals surface area contributed by atoms with Gasteiger partial charge >= 0.3 is 5.97 Å². The van der Waals surface area contributed by atoms with Crippen molar-refractivity contribution in [3.8, 4) is 5.75 Å². The number of benzene rings is 1. The van der Waals surface area contributed by atoms with E-state index in [1.54, 1.807) is 24.3 Å². The highest BCUT2D eigenvalue weighted by Crippen LogP contribution is 2.20. The maximum Gasteiger partial charge on any atom is 0.326 e. The zero-order chi connectivity index (χ0) is 16.8. The summed E-state index contributed by atoms with van der Waals surface area (Å²) in [6, 6.07) is 6.04. The van der Waals surface area contributed by atoms with Crippen molar-refractivity contribution in [2.45, 2.75) is 38.6 Å². The monoisotopic (exact) mass is 319 g/mol. The normalized spacial score (nSPS) is 17.1. The number of carbonyl (C=O) groups is 3. The van der Waals surface area contributed by atoms with E-state index in [1.807, 2.05) is 6.92 Å². The van der Waals surface area contributed by atoms with Gasteiger partial charge in [-0.25, -0.2) is 4.79 Å². The van der Waals surface area contributed by atoms with Crippen molar-refractivity contribution < 1.29 is 24.2 Å². The Balaban J connectivity index is 1.88. The van der Waals surface area contributed by atoms with Crippen LogP contribution < -0.4 is 4.74 Å². The van der Waals surface area contributed by atoms with Gasteiger partial charge in [-0.2, -0.15) is 0 Å². The van der Waals surface area contributed by atoms with Crippen molar-refractivity contribution in [1.82, 2.24) is 4.90 Å². The van der Waals surface area contributed by atoms with Crippen molar-refractivity contribution in [2.75, 3.05) is 13.2 Å². The van der Waals surface area contributed by atoms with E-state index < -0.39 is 12.0 Å². The predicted octanol–water partition coefficient (Wildman–Crippen LogP) is 2.12. The van der Waals surface area contributed by atoms with Crippen LogP contribution >= 0.6 is 0 Å². The third-order valence-electron chi connectivity index (χ3n) is 3.91. The molecular formula is C17H21NO5. The number of Topliss-reactive ketones (excluding diaryl/α,β-unsaturated/α-hetero) is 1. The van der Waals surface area contributed by atoms with Gasteiger partial charge < -0.3 is 14.7 Å². The average molecular weight is 319 g/mol. The Bertz CT molecular complexity index is 581. The fraction of sp³-hybridized carbons (Fsp3) is 0.471.